The third kappa shape index (κ3) is 6.20. The third-order valence-electron chi connectivity index (χ3n) is 6.30. The molecule has 2 aromatic carbocycles. The lowest BCUT2D eigenvalue weighted by molar-refractivity contribution is 0.139. The number of methoxy groups -OCH3 is 1. The van der Waals surface area contributed by atoms with E-state index in [0.29, 0.717) is 37.6 Å². The van der Waals surface area contributed by atoms with Gasteiger partial charge in [0.2, 0.25) is 0 Å². The summed E-state index contributed by atoms with van der Waals surface area (Å²) in [5.74, 6) is -1.23. The smallest absolute Gasteiger partial charge is 0.182 e. The summed E-state index contributed by atoms with van der Waals surface area (Å²) in [6.45, 7) is 2.54. The number of ether oxygens (including phenoxy) is 1. The van der Waals surface area contributed by atoms with Crippen LogP contribution in [0.15, 0.2) is 53.4 Å². The number of benzene rings is 2. The topological polar surface area (TPSA) is 74.6 Å². The van der Waals surface area contributed by atoms with E-state index in [9.17, 15) is 13.9 Å². The number of nitrogens with zero attached hydrogens (tertiary/aromatic N) is 3. The molecule has 3 N–H and O–H groups in total. The summed E-state index contributed by atoms with van der Waals surface area (Å²) in [5.41, 5.74) is 2.46. The Morgan fingerprint density at radius 2 is 1.91 bits per heavy atom. The molecule has 35 heavy (non-hydrogen) atoms. The molecule has 0 saturated carbocycles. The maximum Gasteiger partial charge on any atom is 0.182 e. The van der Waals surface area contributed by atoms with Crippen LogP contribution in [0.5, 0.6) is 0 Å². The highest BCUT2D eigenvalue weighted by atomic mass is 32.2. The molecule has 0 radical (unpaired) electrons. The van der Waals surface area contributed by atoms with E-state index in [1.807, 2.05) is 36.6 Å². The molecule has 1 aromatic heterocycles. The van der Waals surface area contributed by atoms with Gasteiger partial charge >= 0.3 is 0 Å². The number of thioether (sulfide) groups is 1. The fourth-order valence-corrected chi connectivity index (χ4v) is 4.84. The van der Waals surface area contributed by atoms with Gasteiger partial charge in [-0.2, -0.15) is 5.10 Å². The van der Waals surface area contributed by atoms with Gasteiger partial charge in [0, 0.05) is 62.3 Å². The van der Waals surface area contributed by atoms with Crippen LogP contribution >= 0.6 is 11.8 Å². The SMILES string of the molecule is COCCN1C[C@@H](NC(O)Nc2cc(-c3ccc(SC)cc3)nn2C)[C@H](c2ccc(F)c(F)c2)C1. The Labute approximate surface area is 208 Å². The van der Waals surface area contributed by atoms with Crippen LogP contribution in [0.25, 0.3) is 11.3 Å². The molecule has 0 amide bonds. The zero-order valence-electron chi connectivity index (χ0n) is 20.0. The van der Waals surface area contributed by atoms with E-state index in [1.165, 1.54) is 11.0 Å². The van der Waals surface area contributed by atoms with E-state index >= 15 is 0 Å². The molecule has 1 unspecified atom stereocenters. The van der Waals surface area contributed by atoms with E-state index < -0.39 is 18.0 Å². The Morgan fingerprint density at radius 3 is 2.60 bits per heavy atom. The normalized spacial score (nSPS) is 19.3. The van der Waals surface area contributed by atoms with Crippen LogP contribution in [0.2, 0.25) is 0 Å². The minimum absolute atomic E-state index is 0.129. The minimum Gasteiger partial charge on any atom is -0.383 e. The van der Waals surface area contributed by atoms with Gasteiger partial charge in [0.15, 0.2) is 18.0 Å². The third-order valence-corrected chi connectivity index (χ3v) is 7.04. The highest BCUT2D eigenvalue weighted by molar-refractivity contribution is 7.98. The number of halogens is 2. The Bertz CT molecular complexity index is 1130. The minimum atomic E-state index is -1.07. The van der Waals surface area contributed by atoms with Crippen molar-refractivity contribution in [3.8, 4) is 11.3 Å². The predicted molar refractivity (Wildman–Crippen MR) is 134 cm³/mol. The van der Waals surface area contributed by atoms with Crippen LogP contribution in [0, 0.1) is 11.6 Å². The van der Waals surface area contributed by atoms with Crippen molar-refractivity contribution in [1.29, 1.82) is 0 Å². The van der Waals surface area contributed by atoms with Crippen molar-refractivity contribution in [2.45, 2.75) is 23.2 Å². The summed E-state index contributed by atoms with van der Waals surface area (Å²) < 4.78 is 34.3. The number of likely N-dealkylation sites (tertiary alicyclic amines) is 1. The zero-order chi connectivity index (χ0) is 24.9. The summed E-state index contributed by atoms with van der Waals surface area (Å²) in [6, 6.07) is 13.8. The molecule has 1 saturated heterocycles. The molecule has 0 spiro atoms. The van der Waals surface area contributed by atoms with E-state index in [1.54, 1.807) is 36.7 Å². The van der Waals surface area contributed by atoms with Crippen LogP contribution in [0.1, 0.15) is 11.5 Å². The van der Waals surface area contributed by atoms with Crippen molar-refractivity contribution in [3.05, 3.63) is 65.7 Å². The second-order valence-corrected chi connectivity index (χ2v) is 9.50. The summed E-state index contributed by atoms with van der Waals surface area (Å²) >= 11 is 1.68. The molecular weight excluding hydrogens is 472 g/mol. The van der Waals surface area contributed by atoms with E-state index in [-0.39, 0.29) is 12.0 Å². The molecule has 1 aliphatic heterocycles. The molecule has 3 aromatic rings. The number of hydrogen-bond donors (Lipinski definition) is 3. The molecule has 2 heterocycles. The fraction of sp³-hybridized carbons (Fsp3) is 0.400. The number of rotatable bonds is 10. The number of aliphatic hydroxyl groups is 1. The van der Waals surface area contributed by atoms with Crippen molar-refractivity contribution < 1.29 is 18.6 Å². The zero-order valence-corrected chi connectivity index (χ0v) is 20.9. The van der Waals surface area contributed by atoms with Crippen LogP contribution in [0.4, 0.5) is 14.6 Å². The monoisotopic (exact) mass is 503 g/mol. The number of nitrogens with one attached hydrogen (secondary N) is 2. The number of aromatic nitrogens is 2. The van der Waals surface area contributed by atoms with Crippen molar-refractivity contribution >= 4 is 17.6 Å². The molecule has 4 rings (SSSR count). The second-order valence-electron chi connectivity index (χ2n) is 8.62. The standard InChI is InChI=1S/C25H31F2N5O2S/c1-31-24(13-22(30-31)16-4-7-18(35-3)8-5-16)29-25(33)28-23-15-32(10-11-34-2)14-19(23)17-6-9-20(26)21(27)12-17/h4-9,12-13,19,23,25,28-29,33H,10-11,14-15H2,1-3H3/t19-,23+,25?/m0/s1. The summed E-state index contributed by atoms with van der Waals surface area (Å²) in [6.07, 6.45) is 0.960. The number of aliphatic hydroxyl groups excluding tert-OH is 1. The van der Waals surface area contributed by atoms with Gasteiger partial charge in [-0.15, -0.1) is 11.8 Å². The molecule has 0 bridgehead atoms. The van der Waals surface area contributed by atoms with Crippen molar-refractivity contribution in [2.24, 2.45) is 7.05 Å². The van der Waals surface area contributed by atoms with E-state index in [4.69, 9.17) is 4.74 Å². The van der Waals surface area contributed by atoms with E-state index in [0.717, 1.165) is 17.3 Å². The summed E-state index contributed by atoms with van der Waals surface area (Å²) in [5, 5.41) is 21.6. The number of anilines is 1. The van der Waals surface area contributed by atoms with Crippen LogP contribution in [0.3, 0.4) is 0 Å². The van der Waals surface area contributed by atoms with Gasteiger partial charge in [0.1, 0.15) is 5.82 Å². The van der Waals surface area contributed by atoms with Crippen molar-refractivity contribution in [2.75, 3.05) is 44.9 Å². The summed E-state index contributed by atoms with van der Waals surface area (Å²) in [7, 11) is 3.45. The quantitative estimate of drug-likeness (QED) is 0.289. The first kappa shape index (κ1) is 25.6. The number of hydrogen-bond acceptors (Lipinski definition) is 7. The molecule has 10 heteroatoms. The average Bonchev–Trinajstić information content (AvgIpc) is 3.42. The molecule has 1 fully saturated rings. The lowest BCUT2D eigenvalue weighted by Crippen LogP contribution is -2.46. The first-order chi connectivity index (χ1) is 16.9. The van der Waals surface area contributed by atoms with Crippen molar-refractivity contribution in [3.63, 3.8) is 0 Å². The molecule has 1 aliphatic rings. The maximum atomic E-state index is 13.9. The van der Waals surface area contributed by atoms with Gasteiger partial charge in [-0.3, -0.25) is 14.9 Å². The van der Waals surface area contributed by atoms with Crippen LogP contribution < -0.4 is 10.6 Å². The number of aryl methyl sites for hydroxylation is 1. The molecular formula is C25H31F2N5O2S. The van der Waals surface area contributed by atoms with Gasteiger partial charge in [-0.1, -0.05) is 18.2 Å². The Balaban J connectivity index is 1.46. The first-order valence-corrected chi connectivity index (χ1v) is 12.7. The van der Waals surface area contributed by atoms with Gasteiger partial charge in [0.25, 0.3) is 0 Å². The lowest BCUT2D eigenvalue weighted by atomic mass is 9.94. The van der Waals surface area contributed by atoms with Gasteiger partial charge in [-0.05, 0) is 36.1 Å². The molecule has 188 valence electrons. The van der Waals surface area contributed by atoms with Crippen LogP contribution in [-0.4, -0.2) is 71.8 Å². The second kappa shape index (κ2) is 11.5. The molecule has 7 nitrogen and oxygen atoms in total. The summed E-state index contributed by atoms with van der Waals surface area (Å²) in [4.78, 5) is 3.36. The van der Waals surface area contributed by atoms with Crippen LogP contribution in [-0.2, 0) is 11.8 Å². The lowest BCUT2D eigenvalue weighted by Gasteiger charge is -2.25. The van der Waals surface area contributed by atoms with Gasteiger partial charge in [-0.25, -0.2) is 8.78 Å². The Morgan fingerprint density at radius 1 is 1.14 bits per heavy atom. The first-order valence-electron chi connectivity index (χ1n) is 11.4. The highest BCUT2D eigenvalue weighted by Crippen LogP contribution is 2.29. The Kier molecular flexibility index (Phi) is 8.40. The fourth-order valence-electron chi connectivity index (χ4n) is 4.43. The largest absolute Gasteiger partial charge is 0.383 e. The maximum absolute atomic E-state index is 13.9. The van der Waals surface area contributed by atoms with Crippen molar-refractivity contribution in [1.82, 2.24) is 20.0 Å². The van der Waals surface area contributed by atoms with E-state index in [2.05, 4.69) is 20.6 Å². The molecule has 0 aliphatic carbocycles. The van der Waals surface area contributed by atoms with Gasteiger partial charge < -0.3 is 15.2 Å². The molecule has 3 atom stereocenters. The van der Waals surface area contributed by atoms with Gasteiger partial charge in [0.05, 0.1) is 12.3 Å². The highest BCUT2D eigenvalue weighted by Gasteiger charge is 2.35. The predicted octanol–water partition coefficient (Wildman–Crippen LogP) is 3.48. The average molecular weight is 504 g/mol. The Hall–Kier alpha value is -2.50.